The molecule has 0 aromatic heterocycles. The first-order valence-electron chi connectivity index (χ1n) is 7.42. The van der Waals surface area contributed by atoms with Gasteiger partial charge in [-0.05, 0) is 19.4 Å². The van der Waals surface area contributed by atoms with Gasteiger partial charge in [0.1, 0.15) is 7.28 Å². The Morgan fingerprint density at radius 2 is 1.89 bits per heavy atom. The third-order valence-corrected chi connectivity index (χ3v) is 4.04. The van der Waals surface area contributed by atoms with E-state index in [0.717, 1.165) is 12.7 Å². The van der Waals surface area contributed by atoms with E-state index in [4.69, 9.17) is 5.26 Å². The van der Waals surface area contributed by atoms with Crippen LogP contribution in [0.1, 0.15) is 26.7 Å². The van der Waals surface area contributed by atoms with Crippen LogP contribution in [0.2, 0.25) is 12.6 Å². The van der Waals surface area contributed by atoms with Gasteiger partial charge in [0.15, 0.2) is 0 Å². The molecule has 0 amide bonds. The molecule has 0 saturated carbocycles. The minimum absolute atomic E-state index is 0.585. The van der Waals surface area contributed by atoms with E-state index in [9.17, 15) is 0 Å². The monoisotopic (exact) mass is 248 g/mol. The van der Waals surface area contributed by atoms with Gasteiger partial charge in [-0.25, -0.2) is 0 Å². The lowest BCUT2D eigenvalue weighted by Crippen LogP contribution is -2.52. The average Bonchev–Trinajstić information content (AvgIpc) is 2.43. The summed E-state index contributed by atoms with van der Waals surface area (Å²) >= 11 is 0. The SMILES string of the molecule is CC.CN1CCN(C2CC[B]CC2CC#N)CC1. The number of hydrogen-bond donors (Lipinski definition) is 0. The molecule has 4 heteroatoms. The summed E-state index contributed by atoms with van der Waals surface area (Å²) in [4.78, 5) is 5.01. The molecule has 2 saturated heterocycles. The van der Waals surface area contributed by atoms with Crippen molar-refractivity contribution < 1.29 is 0 Å². The Kier molecular flexibility index (Phi) is 7.38. The molecule has 2 unspecified atom stereocenters. The number of nitrogens with zero attached hydrogens (tertiary/aromatic N) is 3. The zero-order valence-electron chi connectivity index (χ0n) is 12.2. The van der Waals surface area contributed by atoms with Crippen LogP contribution >= 0.6 is 0 Å². The first-order chi connectivity index (χ1) is 8.81. The minimum atomic E-state index is 0.585. The molecule has 0 aliphatic carbocycles. The van der Waals surface area contributed by atoms with Crippen LogP contribution in [0, 0.1) is 17.2 Å². The Hall–Kier alpha value is -0.525. The van der Waals surface area contributed by atoms with E-state index < -0.39 is 0 Å². The summed E-state index contributed by atoms with van der Waals surface area (Å²) in [7, 11) is 4.56. The molecule has 2 fully saturated rings. The summed E-state index contributed by atoms with van der Waals surface area (Å²) < 4.78 is 0. The second kappa shape index (κ2) is 8.55. The number of likely N-dealkylation sites (N-methyl/N-ethyl adjacent to an activating group) is 1. The molecule has 0 spiro atoms. The second-order valence-electron chi connectivity index (χ2n) is 5.13. The van der Waals surface area contributed by atoms with Crippen molar-refractivity contribution in [3.8, 4) is 6.07 Å². The van der Waals surface area contributed by atoms with E-state index in [1.807, 2.05) is 13.8 Å². The molecule has 2 rings (SSSR count). The van der Waals surface area contributed by atoms with Gasteiger partial charge in [0, 0.05) is 38.6 Å². The molecule has 2 aliphatic heterocycles. The maximum absolute atomic E-state index is 8.89. The molecule has 18 heavy (non-hydrogen) atoms. The van der Waals surface area contributed by atoms with Crippen molar-refractivity contribution in [1.82, 2.24) is 9.80 Å². The zero-order chi connectivity index (χ0) is 13.4. The number of hydrogen-bond acceptors (Lipinski definition) is 3. The van der Waals surface area contributed by atoms with Crippen molar-refractivity contribution in [3.63, 3.8) is 0 Å². The number of rotatable bonds is 2. The van der Waals surface area contributed by atoms with Crippen LogP contribution in [0.15, 0.2) is 0 Å². The van der Waals surface area contributed by atoms with E-state index in [1.165, 1.54) is 38.9 Å². The minimum Gasteiger partial charge on any atom is -0.304 e. The molecule has 3 nitrogen and oxygen atoms in total. The molecule has 0 aromatic rings. The molecule has 2 atom stereocenters. The molecule has 0 N–H and O–H groups in total. The quantitative estimate of drug-likeness (QED) is 0.701. The van der Waals surface area contributed by atoms with Gasteiger partial charge in [0.2, 0.25) is 0 Å². The van der Waals surface area contributed by atoms with E-state index in [-0.39, 0.29) is 0 Å². The predicted octanol–water partition coefficient (Wildman–Crippen LogP) is 2.10. The lowest BCUT2D eigenvalue weighted by molar-refractivity contribution is 0.0800. The van der Waals surface area contributed by atoms with E-state index in [0.29, 0.717) is 12.0 Å². The third kappa shape index (κ3) is 4.30. The van der Waals surface area contributed by atoms with Crippen LogP contribution in [0.4, 0.5) is 0 Å². The van der Waals surface area contributed by atoms with Crippen molar-refractivity contribution in [2.24, 2.45) is 5.92 Å². The van der Waals surface area contributed by atoms with Crippen molar-refractivity contribution in [3.05, 3.63) is 0 Å². The van der Waals surface area contributed by atoms with Crippen LogP contribution in [0.3, 0.4) is 0 Å². The fourth-order valence-corrected chi connectivity index (χ4v) is 2.98. The molecule has 0 aromatic carbocycles. The largest absolute Gasteiger partial charge is 0.304 e. The first kappa shape index (κ1) is 15.5. The highest BCUT2D eigenvalue weighted by Gasteiger charge is 2.31. The number of piperazine rings is 1. The third-order valence-electron chi connectivity index (χ3n) is 4.04. The Labute approximate surface area is 113 Å². The first-order valence-corrected chi connectivity index (χ1v) is 7.42. The van der Waals surface area contributed by atoms with Gasteiger partial charge in [-0.1, -0.05) is 26.5 Å². The molecular weight excluding hydrogens is 221 g/mol. The summed E-state index contributed by atoms with van der Waals surface area (Å²) in [6, 6.07) is 3.02. The zero-order valence-corrected chi connectivity index (χ0v) is 12.2. The van der Waals surface area contributed by atoms with Crippen LogP contribution in [-0.2, 0) is 0 Å². The van der Waals surface area contributed by atoms with Gasteiger partial charge >= 0.3 is 0 Å². The maximum Gasteiger partial charge on any atom is 0.110 e. The van der Waals surface area contributed by atoms with Crippen LogP contribution in [-0.4, -0.2) is 56.3 Å². The molecular formula is C14H27BN3. The fourth-order valence-electron chi connectivity index (χ4n) is 2.98. The van der Waals surface area contributed by atoms with Gasteiger partial charge in [-0.15, -0.1) is 0 Å². The molecule has 0 bridgehead atoms. The Morgan fingerprint density at radius 1 is 1.22 bits per heavy atom. The molecule has 1 radical (unpaired) electrons. The predicted molar refractivity (Wildman–Crippen MR) is 77.9 cm³/mol. The number of nitriles is 1. The van der Waals surface area contributed by atoms with Gasteiger partial charge in [0.05, 0.1) is 6.07 Å². The highest BCUT2D eigenvalue weighted by atomic mass is 15.3. The Morgan fingerprint density at radius 3 is 2.50 bits per heavy atom. The van der Waals surface area contributed by atoms with Crippen LogP contribution in [0.25, 0.3) is 0 Å². The molecule has 2 heterocycles. The maximum atomic E-state index is 8.89. The summed E-state index contributed by atoms with van der Waals surface area (Å²) in [6.07, 6.45) is 4.37. The highest BCUT2D eigenvalue weighted by Crippen LogP contribution is 2.28. The normalized spacial score (nSPS) is 29.7. The summed E-state index contributed by atoms with van der Waals surface area (Å²) in [5.41, 5.74) is 0. The van der Waals surface area contributed by atoms with E-state index >= 15 is 0 Å². The molecule has 101 valence electrons. The van der Waals surface area contributed by atoms with Crippen molar-refractivity contribution in [2.45, 2.75) is 45.4 Å². The average molecular weight is 248 g/mol. The van der Waals surface area contributed by atoms with E-state index in [2.05, 4.69) is 30.2 Å². The van der Waals surface area contributed by atoms with Crippen LogP contribution in [0.5, 0.6) is 0 Å². The van der Waals surface area contributed by atoms with Gasteiger partial charge in [0.25, 0.3) is 0 Å². The Balaban J connectivity index is 0.000000771. The topological polar surface area (TPSA) is 30.3 Å². The van der Waals surface area contributed by atoms with Gasteiger partial charge < -0.3 is 4.90 Å². The summed E-state index contributed by atoms with van der Waals surface area (Å²) in [6.45, 7) is 8.73. The summed E-state index contributed by atoms with van der Waals surface area (Å²) in [5.74, 6) is 0.585. The van der Waals surface area contributed by atoms with Crippen LogP contribution < -0.4 is 0 Å². The Bertz CT molecular complexity index is 256. The van der Waals surface area contributed by atoms with Crippen molar-refractivity contribution >= 4 is 7.28 Å². The van der Waals surface area contributed by atoms with Gasteiger partial charge in [-0.3, -0.25) is 4.90 Å². The van der Waals surface area contributed by atoms with Crippen molar-refractivity contribution in [1.29, 1.82) is 5.26 Å². The lowest BCUT2D eigenvalue weighted by atomic mass is 9.58. The lowest BCUT2D eigenvalue weighted by Gasteiger charge is -2.43. The van der Waals surface area contributed by atoms with Crippen molar-refractivity contribution in [2.75, 3.05) is 33.2 Å². The van der Waals surface area contributed by atoms with Gasteiger partial charge in [-0.2, -0.15) is 5.26 Å². The fraction of sp³-hybridized carbons (Fsp3) is 0.929. The summed E-state index contributed by atoms with van der Waals surface area (Å²) in [5, 5.41) is 8.89. The second-order valence-corrected chi connectivity index (χ2v) is 5.13. The van der Waals surface area contributed by atoms with E-state index in [1.54, 1.807) is 0 Å². The molecule has 2 aliphatic rings. The highest BCUT2D eigenvalue weighted by molar-refractivity contribution is 6.35. The smallest absolute Gasteiger partial charge is 0.110 e. The standard InChI is InChI=1S/C12H21BN3.C2H6/c1-15-6-8-16(9-7-15)12-2-4-13-10-11(12)3-5-14;1-2/h11-12H,2-4,6-10H2,1H3;1-2H3.